The van der Waals surface area contributed by atoms with Crippen LogP contribution in [0.2, 0.25) is 5.02 Å². The zero-order chi connectivity index (χ0) is 15.9. The van der Waals surface area contributed by atoms with Crippen molar-refractivity contribution in [2.45, 2.75) is 20.3 Å². The van der Waals surface area contributed by atoms with Crippen LogP contribution >= 0.6 is 11.6 Å². The fourth-order valence-corrected chi connectivity index (χ4v) is 2.00. The first-order chi connectivity index (χ1) is 10.6. The highest BCUT2D eigenvalue weighted by Crippen LogP contribution is 2.32. The van der Waals surface area contributed by atoms with E-state index in [1.54, 1.807) is 25.1 Å². The second-order valence-corrected chi connectivity index (χ2v) is 4.99. The van der Waals surface area contributed by atoms with Crippen LogP contribution in [0, 0.1) is 0 Å². The topological polar surface area (TPSA) is 47.6 Å². The molecule has 0 aliphatic carbocycles. The molecule has 0 aliphatic rings. The van der Waals surface area contributed by atoms with Crippen molar-refractivity contribution in [2.75, 3.05) is 11.9 Å². The summed E-state index contributed by atoms with van der Waals surface area (Å²) in [7, 11) is 0. The first-order valence-corrected chi connectivity index (χ1v) is 7.50. The molecule has 0 aromatic heterocycles. The molecule has 0 saturated carbocycles. The third-order valence-electron chi connectivity index (χ3n) is 2.90. The molecule has 0 fully saturated rings. The van der Waals surface area contributed by atoms with Crippen LogP contribution in [-0.4, -0.2) is 12.5 Å². The number of rotatable bonds is 6. The van der Waals surface area contributed by atoms with Crippen LogP contribution in [0.1, 0.15) is 20.3 Å². The van der Waals surface area contributed by atoms with Gasteiger partial charge in [-0.2, -0.15) is 0 Å². The van der Waals surface area contributed by atoms with Gasteiger partial charge in [0.15, 0.2) is 5.75 Å². The van der Waals surface area contributed by atoms with Gasteiger partial charge in [0, 0.05) is 11.4 Å². The van der Waals surface area contributed by atoms with Gasteiger partial charge in [0.2, 0.25) is 5.91 Å². The summed E-state index contributed by atoms with van der Waals surface area (Å²) in [5.41, 5.74) is 0.549. The SMILES string of the molecule is CCOc1ccc(Oc2ccc(Cl)cc2NC(=O)CC)cc1. The monoisotopic (exact) mass is 319 g/mol. The number of carbonyl (C=O) groups is 1. The van der Waals surface area contributed by atoms with E-state index < -0.39 is 0 Å². The lowest BCUT2D eigenvalue weighted by atomic mass is 10.2. The Balaban J connectivity index is 2.19. The molecular weight excluding hydrogens is 302 g/mol. The highest BCUT2D eigenvalue weighted by molar-refractivity contribution is 6.31. The maximum Gasteiger partial charge on any atom is 0.224 e. The molecule has 1 N–H and O–H groups in total. The van der Waals surface area contributed by atoms with Crippen LogP contribution in [0.15, 0.2) is 42.5 Å². The van der Waals surface area contributed by atoms with Crippen molar-refractivity contribution in [1.82, 2.24) is 0 Å². The lowest BCUT2D eigenvalue weighted by molar-refractivity contribution is -0.115. The summed E-state index contributed by atoms with van der Waals surface area (Å²) >= 11 is 5.98. The quantitative estimate of drug-likeness (QED) is 0.825. The number of amides is 1. The molecule has 0 radical (unpaired) electrons. The van der Waals surface area contributed by atoms with E-state index in [-0.39, 0.29) is 5.91 Å². The maximum absolute atomic E-state index is 11.6. The zero-order valence-corrected chi connectivity index (χ0v) is 13.3. The molecule has 4 nitrogen and oxygen atoms in total. The van der Waals surface area contributed by atoms with Gasteiger partial charge in [-0.15, -0.1) is 0 Å². The largest absolute Gasteiger partial charge is 0.494 e. The van der Waals surface area contributed by atoms with Crippen molar-refractivity contribution in [3.8, 4) is 17.2 Å². The number of hydrogen-bond acceptors (Lipinski definition) is 3. The number of ether oxygens (including phenoxy) is 2. The molecule has 5 heteroatoms. The Morgan fingerprint density at radius 1 is 1.09 bits per heavy atom. The second kappa shape index (κ2) is 7.71. The first-order valence-electron chi connectivity index (χ1n) is 7.12. The Morgan fingerprint density at radius 2 is 1.77 bits per heavy atom. The van der Waals surface area contributed by atoms with Crippen molar-refractivity contribution in [3.05, 3.63) is 47.5 Å². The summed E-state index contributed by atoms with van der Waals surface area (Å²) in [5.74, 6) is 1.87. The van der Waals surface area contributed by atoms with E-state index >= 15 is 0 Å². The van der Waals surface area contributed by atoms with Gasteiger partial charge in [0.1, 0.15) is 11.5 Å². The minimum absolute atomic E-state index is 0.0983. The van der Waals surface area contributed by atoms with Crippen molar-refractivity contribution in [1.29, 1.82) is 0 Å². The van der Waals surface area contributed by atoms with E-state index in [0.29, 0.717) is 35.2 Å². The first kappa shape index (κ1) is 16.2. The third kappa shape index (κ3) is 4.40. The summed E-state index contributed by atoms with van der Waals surface area (Å²) in [6, 6.07) is 12.4. The number of carbonyl (C=O) groups excluding carboxylic acids is 1. The molecule has 0 aliphatic heterocycles. The standard InChI is InChI=1S/C17H18ClNO3/c1-3-17(20)19-15-11-12(18)5-10-16(15)22-14-8-6-13(7-9-14)21-4-2/h5-11H,3-4H2,1-2H3,(H,19,20). The van der Waals surface area contributed by atoms with Crippen LogP contribution in [0.25, 0.3) is 0 Å². The summed E-state index contributed by atoms with van der Waals surface area (Å²) in [6.45, 7) is 4.33. The number of hydrogen-bond donors (Lipinski definition) is 1. The van der Waals surface area contributed by atoms with E-state index in [0.717, 1.165) is 5.75 Å². The van der Waals surface area contributed by atoms with Crippen molar-refractivity contribution < 1.29 is 14.3 Å². The van der Waals surface area contributed by atoms with Gasteiger partial charge in [0.05, 0.1) is 12.3 Å². The van der Waals surface area contributed by atoms with Gasteiger partial charge in [-0.05, 0) is 49.4 Å². The van der Waals surface area contributed by atoms with Crippen LogP contribution in [-0.2, 0) is 4.79 Å². The molecular formula is C17H18ClNO3. The molecule has 2 aromatic carbocycles. The molecule has 1 amide bonds. The summed E-state index contributed by atoms with van der Waals surface area (Å²) in [5, 5.41) is 3.31. The second-order valence-electron chi connectivity index (χ2n) is 4.55. The number of nitrogens with one attached hydrogen (secondary N) is 1. The van der Waals surface area contributed by atoms with E-state index in [1.165, 1.54) is 0 Å². The van der Waals surface area contributed by atoms with Gasteiger partial charge >= 0.3 is 0 Å². The van der Waals surface area contributed by atoms with E-state index in [9.17, 15) is 4.79 Å². The van der Waals surface area contributed by atoms with Gasteiger partial charge in [-0.1, -0.05) is 18.5 Å². The predicted molar refractivity (Wildman–Crippen MR) is 88.1 cm³/mol. The molecule has 0 bridgehead atoms. The maximum atomic E-state index is 11.6. The molecule has 0 spiro atoms. The predicted octanol–water partition coefficient (Wildman–Crippen LogP) is 4.88. The lowest BCUT2D eigenvalue weighted by Gasteiger charge is -2.13. The minimum Gasteiger partial charge on any atom is -0.494 e. The molecule has 0 saturated heterocycles. The normalized spacial score (nSPS) is 10.1. The van der Waals surface area contributed by atoms with E-state index in [4.69, 9.17) is 21.1 Å². The Bertz CT molecular complexity index is 641. The van der Waals surface area contributed by atoms with Gasteiger partial charge in [0.25, 0.3) is 0 Å². The Kier molecular flexibility index (Phi) is 5.67. The number of benzene rings is 2. The molecule has 22 heavy (non-hydrogen) atoms. The smallest absolute Gasteiger partial charge is 0.224 e. The molecule has 0 atom stereocenters. The van der Waals surface area contributed by atoms with Gasteiger partial charge in [-0.3, -0.25) is 4.79 Å². The third-order valence-corrected chi connectivity index (χ3v) is 3.13. The van der Waals surface area contributed by atoms with Crippen LogP contribution in [0.5, 0.6) is 17.2 Å². The molecule has 116 valence electrons. The number of halogens is 1. The van der Waals surface area contributed by atoms with Crippen LogP contribution in [0.4, 0.5) is 5.69 Å². The lowest BCUT2D eigenvalue weighted by Crippen LogP contribution is -2.10. The molecule has 2 aromatic rings. The zero-order valence-electron chi connectivity index (χ0n) is 12.6. The van der Waals surface area contributed by atoms with Gasteiger partial charge in [-0.25, -0.2) is 0 Å². The summed E-state index contributed by atoms with van der Waals surface area (Å²) < 4.78 is 11.2. The van der Waals surface area contributed by atoms with Crippen LogP contribution in [0.3, 0.4) is 0 Å². The minimum atomic E-state index is -0.0983. The fraction of sp³-hybridized carbons (Fsp3) is 0.235. The van der Waals surface area contributed by atoms with E-state index in [1.807, 2.05) is 31.2 Å². The molecule has 2 rings (SSSR count). The highest BCUT2D eigenvalue weighted by Gasteiger charge is 2.09. The van der Waals surface area contributed by atoms with Crippen LogP contribution < -0.4 is 14.8 Å². The molecule has 0 heterocycles. The van der Waals surface area contributed by atoms with Gasteiger partial charge < -0.3 is 14.8 Å². The van der Waals surface area contributed by atoms with Crippen molar-refractivity contribution in [2.24, 2.45) is 0 Å². The van der Waals surface area contributed by atoms with Crippen molar-refractivity contribution >= 4 is 23.2 Å². The van der Waals surface area contributed by atoms with Crippen molar-refractivity contribution in [3.63, 3.8) is 0 Å². The fourth-order valence-electron chi connectivity index (χ4n) is 1.83. The molecule has 0 unspecified atom stereocenters. The Hall–Kier alpha value is -2.20. The average molecular weight is 320 g/mol. The van der Waals surface area contributed by atoms with E-state index in [2.05, 4.69) is 5.32 Å². The Labute approximate surface area is 135 Å². The highest BCUT2D eigenvalue weighted by atomic mass is 35.5. The summed E-state index contributed by atoms with van der Waals surface area (Å²) in [4.78, 5) is 11.6. The number of anilines is 1. The summed E-state index contributed by atoms with van der Waals surface area (Å²) in [6.07, 6.45) is 0.384. The Morgan fingerprint density at radius 3 is 2.41 bits per heavy atom. The average Bonchev–Trinajstić information content (AvgIpc) is 2.52.